The number of carbonyl (C=O) groups excluding carboxylic acids is 1. The number of urea groups is 1. The number of hydrogen-bond acceptors (Lipinski definition) is 4. The second-order valence-corrected chi connectivity index (χ2v) is 6.40. The van der Waals surface area contributed by atoms with Crippen molar-refractivity contribution in [3.8, 4) is 0 Å². The molecule has 0 bridgehead atoms. The Bertz CT molecular complexity index is 695. The molecule has 1 N–H and O–H groups in total. The third-order valence-corrected chi connectivity index (χ3v) is 4.36. The normalized spacial score (nSPS) is 15.5. The Hall–Kier alpha value is -2.05. The first-order valence-electron chi connectivity index (χ1n) is 8.06. The van der Waals surface area contributed by atoms with E-state index in [-0.39, 0.29) is 6.03 Å². The predicted molar refractivity (Wildman–Crippen MR) is 93.4 cm³/mol. The van der Waals surface area contributed by atoms with Gasteiger partial charge >= 0.3 is 6.03 Å². The Morgan fingerprint density at radius 1 is 1.29 bits per heavy atom. The molecule has 1 fully saturated rings. The Labute approximate surface area is 146 Å². The summed E-state index contributed by atoms with van der Waals surface area (Å²) in [6, 6.07) is 9.54. The lowest BCUT2D eigenvalue weighted by atomic mass is 10.1. The van der Waals surface area contributed by atoms with Crippen LogP contribution in [0.3, 0.4) is 0 Å². The number of carbonyl (C=O) groups is 1. The van der Waals surface area contributed by atoms with E-state index in [2.05, 4.69) is 21.4 Å². The molecule has 0 unspecified atom stereocenters. The molecule has 2 aromatic rings. The average Bonchev–Trinajstić information content (AvgIpc) is 2.98. The highest BCUT2D eigenvalue weighted by atomic mass is 35.5. The van der Waals surface area contributed by atoms with Gasteiger partial charge in [-0.2, -0.15) is 0 Å². The van der Waals surface area contributed by atoms with Crippen LogP contribution in [0.15, 0.2) is 34.9 Å². The van der Waals surface area contributed by atoms with Crippen LogP contribution in [0.5, 0.6) is 0 Å². The fourth-order valence-electron chi connectivity index (χ4n) is 2.77. The molecule has 1 aromatic carbocycles. The minimum atomic E-state index is -0.127. The van der Waals surface area contributed by atoms with Crippen molar-refractivity contribution in [2.75, 3.05) is 38.0 Å². The van der Waals surface area contributed by atoms with Crippen molar-refractivity contribution in [3.63, 3.8) is 0 Å². The zero-order valence-corrected chi connectivity index (χ0v) is 14.4. The van der Waals surface area contributed by atoms with E-state index in [1.54, 1.807) is 17.9 Å². The molecule has 2 heterocycles. The summed E-state index contributed by atoms with van der Waals surface area (Å²) in [5, 5.41) is 7.32. The standard InChI is InChI=1S/C17H21ClN4O2/c1-13-11-16(20-24-13)19-17(23)22-9-7-21(8-10-22)6-5-14-3-2-4-15(18)12-14/h2-4,11-12H,5-10H2,1H3,(H,19,20,23). The minimum Gasteiger partial charge on any atom is -0.360 e. The number of nitrogens with one attached hydrogen (secondary N) is 1. The van der Waals surface area contributed by atoms with Gasteiger partial charge in [0.2, 0.25) is 0 Å². The number of halogens is 1. The van der Waals surface area contributed by atoms with Gasteiger partial charge in [-0.15, -0.1) is 0 Å². The Morgan fingerprint density at radius 2 is 2.08 bits per heavy atom. The van der Waals surface area contributed by atoms with E-state index in [1.807, 2.05) is 18.2 Å². The number of piperazine rings is 1. The van der Waals surface area contributed by atoms with E-state index >= 15 is 0 Å². The van der Waals surface area contributed by atoms with Crippen molar-refractivity contribution in [1.29, 1.82) is 0 Å². The van der Waals surface area contributed by atoms with E-state index in [4.69, 9.17) is 16.1 Å². The molecule has 2 amide bonds. The smallest absolute Gasteiger partial charge is 0.323 e. The highest BCUT2D eigenvalue weighted by Crippen LogP contribution is 2.13. The SMILES string of the molecule is Cc1cc(NC(=O)N2CCN(CCc3cccc(Cl)c3)CC2)no1. The second kappa shape index (κ2) is 7.68. The van der Waals surface area contributed by atoms with Crippen LogP contribution in [0.25, 0.3) is 0 Å². The van der Waals surface area contributed by atoms with Crippen LogP contribution in [0, 0.1) is 6.92 Å². The van der Waals surface area contributed by atoms with Gasteiger partial charge in [0.05, 0.1) is 0 Å². The molecule has 0 aliphatic carbocycles. The van der Waals surface area contributed by atoms with Crippen molar-refractivity contribution in [2.45, 2.75) is 13.3 Å². The predicted octanol–water partition coefficient (Wildman–Crippen LogP) is 3.03. The Kier molecular flexibility index (Phi) is 5.37. The van der Waals surface area contributed by atoms with E-state index < -0.39 is 0 Å². The van der Waals surface area contributed by atoms with Gasteiger partial charge < -0.3 is 9.42 Å². The molecule has 0 radical (unpaired) electrons. The second-order valence-electron chi connectivity index (χ2n) is 5.96. The molecule has 6 nitrogen and oxygen atoms in total. The summed E-state index contributed by atoms with van der Waals surface area (Å²) in [6.07, 6.45) is 0.963. The third kappa shape index (κ3) is 4.49. The van der Waals surface area contributed by atoms with E-state index in [0.29, 0.717) is 24.7 Å². The first-order chi connectivity index (χ1) is 11.6. The largest absolute Gasteiger partial charge is 0.360 e. The molecular weight excluding hydrogens is 328 g/mol. The topological polar surface area (TPSA) is 61.6 Å². The molecule has 3 rings (SSSR count). The fourth-order valence-corrected chi connectivity index (χ4v) is 2.98. The van der Waals surface area contributed by atoms with E-state index in [1.165, 1.54) is 5.56 Å². The molecule has 0 spiro atoms. The van der Waals surface area contributed by atoms with Gasteiger partial charge in [-0.1, -0.05) is 28.9 Å². The molecule has 128 valence electrons. The highest BCUT2D eigenvalue weighted by Gasteiger charge is 2.21. The molecule has 0 saturated carbocycles. The minimum absolute atomic E-state index is 0.127. The van der Waals surface area contributed by atoms with E-state index in [0.717, 1.165) is 31.1 Å². The molecule has 24 heavy (non-hydrogen) atoms. The maximum Gasteiger partial charge on any atom is 0.323 e. The van der Waals surface area contributed by atoms with Crippen molar-refractivity contribution < 1.29 is 9.32 Å². The summed E-state index contributed by atoms with van der Waals surface area (Å²) in [7, 11) is 0. The number of amides is 2. The van der Waals surface area contributed by atoms with Gasteiger partial charge in [-0.05, 0) is 31.0 Å². The van der Waals surface area contributed by atoms with Crippen LogP contribution >= 0.6 is 11.6 Å². The van der Waals surface area contributed by atoms with Crippen LogP contribution in [0.2, 0.25) is 5.02 Å². The molecule has 0 atom stereocenters. The quantitative estimate of drug-likeness (QED) is 0.922. The monoisotopic (exact) mass is 348 g/mol. The van der Waals surface area contributed by atoms with Crippen molar-refractivity contribution in [3.05, 3.63) is 46.7 Å². The van der Waals surface area contributed by atoms with Crippen molar-refractivity contribution in [2.24, 2.45) is 0 Å². The average molecular weight is 349 g/mol. The van der Waals surface area contributed by atoms with Gasteiger partial charge in [-0.25, -0.2) is 4.79 Å². The molecular formula is C17H21ClN4O2. The Balaban J connectivity index is 1.42. The number of aromatic nitrogens is 1. The number of hydrogen-bond donors (Lipinski definition) is 1. The lowest BCUT2D eigenvalue weighted by Gasteiger charge is -2.34. The first-order valence-corrected chi connectivity index (χ1v) is 8.44. The summed E-state index contributed by atoms with van der Waals surface area (Å²) in [5.74, 6) is 1.14. The van der Waals surface area contributed by atoms with E-state index in [9.17, 15) is 4.79 Å². The van der Waals surface area contributed by atoms with Crippen LogP contribution in [-0.2, 0) is 6.42 Å². The van der Waals surface area contributed by atoms with Gasteiger partial charge in [0.1, 0.15) is 5.76 Å². The molecule has 1 aliphatic heterocycles. The van der Waals surface area contributed by atoms with Crippen molar-refractivity contribution in [1.82, 2.24) is 15.0 Å². The maximum absolute atomic E-state index is 12.2. The highest BCUT2D eigenvalue weighted by molar-refractivity contribution is 6.30. The molecule has 1 aliphatic rings. The number of anilines is 1. The van der Waals surface area contributed by atoms with Gasteiger partial charge in [-0.3, -0.25) is 10.2 Å². The number of benzene rings is 1. The number of nitrogens with zero attached hydrogens (tertiary/aromatic N) is 3. The summed E-state index contributed by atoms with van der Waals surface area (Å²) in [4.78, 5) is 16.4. The lowest BCUT2D eigenvalue weighted by molar-refractivity contribution is 0.148. The maximum atomic E-state index is 12.2. The fraction of sp³-hybridized carbons (Fsp3) is 0.412. The van der Waals surface area contributed by atoms with Gasteiger partial charge in [0.15, 0.2) is 5.82 Å². The lowest BCUT2D eigenvalue weighted by Crippen LogP contribution is -2.50. The number of aryl methyl sites for hydroxylation is 1. The van der Waals surface area contributed by atoms with Gasteiger partial charge in [0.25, 0.3) is 0 Å². The molecule has 1 aromatic heterocycles. The molecule has 1 saturated heterocycles. The first kappa shape index (κ1) is 16.8. The summed E-state index contributed by atoms with van der Waals surface area (Å²) < 4.78 is 4.95. The van der Waals surface area contributed by atoms with Gasteiger partial charge in [0, 0.05) is 43.8 Å². The van der Waals surface area contributed by atoms with Crippen LogP contribution in [-0.4, -0.2) is 53.7 Å². The van der Waals surface area contributed by atoms with Crippen LogP contribution in [0.1, 0.15) is 11.3 Å². The number of rotatable bonds is 4. The van der Waals surface area contributed by atoms with Crippen molar-refractivity contribution >= 4 is 23.4 Å². The zero-order valence-electron chi connectivity index (χ0n) is 13.7. The third-order valence-electron chi connectivity index (χ3n) is 4.13. The van der Waals surface area contributed by atoms with Crippen LogP contribution < -0.4 is 5.32 Å². The Morgan fingerprint density at radius 3 is 2.75 bits per heavy atom. The zero-order chi connectivity index (χ0) is 16.9. The molecule has 7 heteroatoms. The summed E-state index contributed by atoms with van der Waals surface area (Å²) >= 11 is 6.01. The summed E-state index contributed by atoms with van der Waals surface area (Å²) in [6.45, 7) is 5.91. The van der Waals surface area contributed by atoms with Crippen LogP contribution in [0.4, 0.5) is 10.6 Å². The summed E-state index contributed by atoms with van der Waals surface area (Å²) in [5.41, 5.74) is 1.24.